The van der Waals surface area contributed by atoms with Crippen LogP contribution >= 0.6 is 0 Å². The topological polar surface area (TPSA) is 87.0 Å². The monoisotopic (exact) mass is 285 g/mol. The summed E-state index contributed by atoms with van der Waals surface area (Å²) in [5.74, 6) is -1.49. The number of nitrogens with zero attached hydrogens (tertiary/aromatic N) is 1. The molecule has 112 valence electrons. The molecule has 7 heteroatoms. The molecule has 0 bridgehead atoms. The quantitative estimate of drug-likeness (QED) is 0.691. The molecule has 5 atom stereocenters. The Labute approximate surface area is 117 Å². The van der Waals surface area contributed by atoms with Gasteiger partial charge in [0.15, 0.2) is 12.1 Å². The predicted molar refractivity (Wildman–Crippen MR) is 65.3 cm³/mol. The van der Waals surface area contributed by atoms with Gasteiger partial charge in [0, 0.05) is 14.0 Å². The van der Waals surface area contributed by atoms with Crippen molar-refractivity contribution in [2.45, 2.75) is 63.7 Å². The molecular weight excluding hydrogens is 266 g/mol. The average molecular weight is 285 g/mol. The summed E-state index contributed by atoms with van der Waals surface area (Å²) in [6, 6.07) is 2.02. The van der Waals surface area contributed by atoms with E-state index in [9.17, 15) is 10.1 Å². The van der Waals surface area contributed by atoms with Crippen LogP contribution in [0.2, 0.25) is 0 Å². The van der Waals surface area contributed by atoms with E-state index in [0.717, 1.165) is 0 Å². The number of nitriles is 1. The molecule has 0 N–H and O–H groups in total. The summed E-state index contributed by atoms with van der Waals surface area (Å²) in [4.78, 5) is 11.4. The van der Waals surface area contributed by atoms with Crippen LogP contribution in [0.3, 0.4) is 0 Å². The molecule has 2 aliphatic rings. The van der Waals surface area contributed by atoms with Gasteiger partial charge in [-0.25, -0.2) is 0 Å². The Hall–Kier alpha value is -1.20. The third-order valence-electron chi connectivity index (χ3n) is 3.48. The summed E-state index contributed by atoms with van der Waals surface area (Å²) >= 11 is 0. The Balaban J connectivity index is 2.42. The second kappa shape index (κ2) is 4.97. The zero-order valence-electron chi connectivity index (χ0n) is 12.2. The smallest absolute Gasteiger partial charge is 0.304 e. The zero-order valence-corrected chi connectivity index (χ0v) is 12.2. The molecule has 2 fully saturated rings. The van der Waals surface area contributed by atoms with Crippen LogP contribution in [-0.4, -0.2) is 49.1 Å². The first-order valence-electron chi connectivity index (χ1n) is 6.40. The zero-order chi connectivity index (χ0) is 15.1. The van der Waals surface area contributed by atoms with Gasteiger partial charge in [0.05, 0.1) is 0 Å². The Morgan fingerprint density at radius 1 is 1.35 bits per heavy atom. The Bertz CT molecular complexity index is 445. The van der Waals surface area contributed by atoms with Crippen molar-refractivity contribution in [3.05, 3.63) is 0 Å². The number of fused-ring (bicyclic) bond motifs is 1. The normalized spacial score (nSPS) is 42.6. The number of ether oxygens (including phenoxy) is 5. The van der Waals surface area contributed by atoms with Crippen LogP contribution in [-0.2, 0) is 28.5 Å². The minimum absolute atomic E-state index is 0.579. The van der Waals surface area contributed by atoms with E-state index in [4.69, 9.17) is 23.7 Å². The van der Waals surface area contributed by atoms with Gasteiger partial charge in [-0.2, -0.15) is 5.26 Å². The molecule has 0 unspecified atom stereocenters. The summed E-state index contributed by atoms with van der Waals surface area (Å²) in [7, 11) is 1.48. The van der Waals surface area contributed by atoms with E-state index in [-0.39, 0.29) is 0 Å². The van der Waals surface area contributed by atoms with Crippen LogP contribution in [0.25, 0.3) is 0 Å². The van der Waals surface area contributed by atoms with Crippen LogP contribution in [0.1, 0.15) is 27.7 Å². The Kier molecular flexibility index (Phi) is 3.77. The lowest BCUT2D eigenvalue weighted by atomic mass is 9.85. The van der Waals surface area contributed by atoms with Gasteiger partial charge in [-0.05, 0) is 20.8 Å². The van der Waals surface area contributed by atoms with E-state index in [0.29, 0.717) is 0 Å². The van der Waals surface area contributed by atoms with Gasteiger partial charge in [-0.15, -0.1) is 0 Å². The van der Waals surface area contributed by atoms with Crippen molar-refractivity contribution in [2.24, 2.45) is 0 Å². The summed E-state index contributed by atoms with van der Waals surface area (Å²) < 4.78 is 27.6. The summed E-state index contributed by atoms with van der Waals surface area (Å²) in [5, 5.41) is 9.55. The molecule has 0 saturated carbocycles. The molecular formula is C13H19NO6. The predicted octanol–water partition coefficient (Wildman–Crippen LogP) is 0.723. The van der Waals surface area contributed by atoms with E-state index < -0.39 is 42.0 Å². The lowest BCUT2D eigenvalue weighted by molar-refractivity contribution is -0.283. The van der Waals surface area contributed by atoms with Crippen molar-refractivity contribution < 1.29 is 28.5 Å². The molecule has 0 aromatic rings. The SMILES string of the molecule is CO[C@@H]1O[C@H](C)[C@](C#N)(OC(C)=O)[C@H]2OC(C)(C)O[C@@H]12. The van der Waals surface area contributed by atoms with Crippen molar-refractivity contribution >= 4 is 5.97 Å². The molecule has 0 spiro atoms. The maximum Gasteiger partial charge on any atom is 0.304 e. The van der Waals surface area contributed by atoms with Crippen molar-refractivity contribution in [3.8, 4) is 6.07 Å². The van der Waals surface area contributed by atoms with E-state index in [2.05, 4.69) is 0 Å². The molecule has 2 heterocycles. The molecule has 2 saturated heterocycles. The van der Waals surface area contributed by atoms with Crippen LogP contribution in [0, 0.1) is 11.3 Å². The Morgan fingerprint density at radius 3 is 2.50 bits per heavy atom. The fraction of sp³-hybridized carbons (Fsp3) is 0.846. The van der Waals surface area contributed by atoms with Crippen molar-refractivity contribution in [2.75, 3.05) is 7.11 Å². The maximum absolute atomic E-state index is 11.4. The van der Waals surface area contributed by atoms with Gasteiger partial charge >= 0.3 is 5.97 Å². The highest BCUT2D eigenvalue weighted by molar-refractivity contribution is 5.67. The molecule has 0 aliphatic carbocycles. The third-order valence-corrected chi connectivity index (χ3v) is 3.48. The molecule has 7 nitrogen and oxygen atoms in total. The van der Waals surface area contributed by atoms with Crippen LogP contribution in [0.5, 0.6) is 0 Å². The first kappa shape index (κ1) is 15.2. The molecule has 2 rings (SSSR count). The van der Waals surface area contributed by atoms with Crippen LogP contribution in [0.15, 0.2) is 0 Å². The van der Waals surface area contributed by atoms with E-state index >= 15 is 0 Å². The fourth-order valence-electron chi connectivity index (χ4n) is 2.68. The van der Waals surface area contributed by atoms with Crippen LogP contribution in [0.4, 0.5) is 0 Å². The van der Waals surface area contributed by atoms with Gasteiger partial charge in [0.1, 0.15) is 24.4 Å². The largest absolute Gasteiger partial charge is 0.438 e. The van der Waals surface area contributed by atoms with E-state index in [1.54, 1.807) is 20.8 Å². The van der Waals surface area contributed by atoms with Gasteiger partial charge in [-0.3, -0.25) is 4.79 Å². The summed E-state index contributed by atoms with van der Waals surface area (Å²) in [6.07, 6.45) is -2.82. The Morgan fingerprint density at radius 2 is 2.00 bits per heavy atom. The van der Waals surface area contributed by atoms with E-state index in [1.807, 2.05) is 6.07 Å². The molecule has 0 aromatic heterocycles. The third kappa shape index (κ3) is 2.29. The summed E-state index contributed by atoms with van der Waals surface area (Å²) in [5.41, 5.74) is -1.56. The number of methoxy groups -OCH3 is 1. The van der Waals surface area contributed by atoms with Gasteiger partial charge in [0.25, 0.3) is 5.60 Å². The second-order valence-electron chi connectivity index (χ2n) is 5.40. The maximum atomic E-state index is 11.4. The van der Waals surface area contributed by atoms with Gasteiger partial charge in [-0.1, -0.05) is 0 Å². The number of esters is 1. The summed E-state index contributed by atoms with van der Waals surface area (Å²) in [6.45, 7) is 6.32. The second-order valence-corrected chi connectivity index (χ2v) is 5.40. The molecule has 0 amide bonds. The van der Waals surface area contributed by atoms with Crippen molar-refractivity contribution in [1.82, 2.24) is 0 Å². The standard InChI is InChI=1S/C13H19NO6/c1-7-13(6-14,18-8(2)15)10-9(11(16-5)17-7)19-12(3,4)20-10/h7,9-11H,1-5H3/t7-,9-,10+,11-,13+/m1/s1. The highest BCUT2D eigenvalue weighted by Crippen LogP contribution is 2.44. The first-order chi connectivity index (χ1) is 9.25. The average Bonchev–Trinajstić information content (AvgIpc) is 2.68. The van der Waals surface area contributed by atoms with Crippen LogP contribution < -0.4 is 0 Å². The lowest BCUT2D eigenvalue weighted by Crippen LogP contribution is -2.65. The number of carbonyl (C=O) groups excluding carboxylic acids is 1. The number of hydrogen-bond acceptors (Lipinski definition) is 7. The molecule has 0 aromatic carbocycles. The molecule has 20 heavy (non-hydrogen) atoms. The molecule has 0 radical (unpaired) electrons. The van der Waals surface area contributed by atoms with Gasteiger partial charge in [0.2, 0.25) is 0 Å². The highest BCUT2D eigenvalue weighted by Gasteiger charge is 2.65. The minimum atomic E-state index is -1.56. The number of rotatable bonds is 2. The van der Waals surface area contributed by atoms with Gasteiger partial charge < -0.3 is 23.7 Å². The van der Waals surface area contributed by atoms with Crippen molar-refractivity contribution in [3.63, 3.8) is 0 Å². The fourth-order valence-corrected chi connectivity index (χ4v) is 2.68. The minimum Gasteiger partial charge on any atom is -0.438 e. The number of carbonyl (C=O) groups is 1. The highest BCUT2D eigenvalue weighted by atomic mass is 16.8. The first-order valence-corrected chi connectivity index (χ1v) is 6.40. The van der Waals surface area contributed by atoms with E-state index in [1.165, 1.54) is 14.0 Å². The molecule has 2 aliphatic heterocycles. The van der Waals surface area contributed by atoms with Crippen molar-refractivity contribution in [1.29, 1.82) is 5.26 Å². The lowest BCUT2D eigenvalue weighted by Gasteiger charge is -2.44. The number of hydrogen-bond donors (Lipinski definition) is 0.